The van der Waals surface area contributed by atoms with Gasteiger partial charge in [0.2, 0.25) is 0 Å². The van der Waals surface area contributed by atoms with Gasteiger partial charge < -0.3 is 18.9 Å². The minimum Gasteiger partial charge on any atom is -0.353 e. The number of hydrogen-bond donors (Lipinski definition) is 0. The molecule has 0 amide bonds. The number of methoxy groups -OCH3 is 2. The molecular formula is C12H20O4. The highest BCUT2D eigenvalue weighted by atomic mass is 16.7. The second-order valence-corrected chi connectivity index (χ2v) is 4.14. The van der Waals surface area contributed by atoms with Gasteiger partial charge in [0, 0.05) is 33.2 Å². The van der Waals surface area contributed by atoms with Crippen molar-refractivity contribution in [2.75, 3.05) is 20.8 Å². The van der Waals surface area contributed by atoms with E-state index in [4.69, 9.17) is 18.9 Å². The maximum absolute atomic E-state index is 5.81. The Morgan fingerprint density at radius 3 is 2.81 bits per heavy atom. The molecular weight excluding hydrogens is 208 g/mol. The quantitative estimate of drug-likeness (QED) is 0.530. The first-order valence-corrected chi connectivity index (χ1v) is 5.82. The van der Waals surface area contributed by atoms with Crippen molar-refractivity contribution >= 4 is 0 Å². The summed E-state index contributed by atoms with van der Waals surface area (Å²) in [6.07, 6.45) is 3.98. The summed E-state index contributed by atoms with van der Waals surface area (Å²) in [7, 11) is 3.33. The van der Waals surface area contributed by atoms with Crippen molar-refractivity contribution in [3.8, 4) is 0 Å². The molecule has 1 aliphatic heterocycles. The molecule has 2 aliphatic rings. The average Bonchev–Trinajstić information content (AvgIpc) is 2.82. The number of rotatable bonds is 5. The average molecular weight is 228 g/mol. The first-order chi connectivity index (χ1) is 7.80. The maximum atomic E-state index is 5.81. The number of ether oxygens (including phenoxy) is 4. The van der Waals surface area contributed by atoms with Crippen LogP contribution in [-0.4, -0.2) is 39.5 Å². The van der Waals surface area contributed by atoms with Crippen LogP contribution in [0.5, 0.6) is 0 Å². The number of hydrogen-bond acceptors (Lipinski definition) is 4. The van der Waals surface area contributed by atoms with Gasteiger partial charge in [-0.2, -0.15) is 0 Å². The van der Waals surface area contributed by atoms with E-state index < -0.39 is 0 Å². The van der Waals surface area contributed by atoms with E-state index in [0.717, 1.165) is 12.8 Å². The summed E-state index contributed by atoms with van der Waals surface area (Å²) < 4.78 is 21.9. The lowest BCUT2D eigenvalue weighted by Gasteiger charge is -2.20. The Bertz CT molecular complexity index is 260. The van der Waals surface area contributed by atoms with Gasteiger partial charge >= 0.3 is 0 Å². The highest BCUT2D eigenvalue weighted by Gasteiger charge is 2.42. The molecule has 0 spiro atoms. The SMILES string of the molecule is CCO[C@@H]1CC2C(C(OC)OC)=CCC2O1. The van der Waals surface area contributed by atoms with Crippen LogP contribution in [0, 0.1) is 5.92 Å². The lowest BCUT2D eigenvalue weighted by molar-refractivity contribution is -0.129. The fraction of sp³-hybridized carbons (Fsp3) is 0.833. The predicted octanol–water partition coefficient (Wildman–Crippen LogP) is 1.70. The first-order valence-electron chi connectivity index (χ1n) is 5.82. The summed E-state index contributed by atoms with van der Waals surface area (Å²) in [5, 5.41) is 0. The van der Waals surface area contributed by atoms with E-state index >= 15 is 0 Å². The molecule has 92 valence electrons. The molecule has 2 unspecified atom stereocenters. The molecule has 2 rings (SSSR count). The molecule has 4 nitrogen and oxygen atoms in total. The van der Waals surface area contributed by atoms with Crippen molar-refractivity contribution in [2.45, 2.75) is 38.4 Å². The van der Waals surface area contributed by atoms with Crippen LogP contribution in [-0.2, 0) is 18.9 Å². The van der Waals surface area contributed by atoms with E-state index in [1.165, 1.54) is 5.57 Å². The predicted molar refractivity (Wildman–Crippen MR) is 58.9 cm³/mol. The van der Waals surface area contributed by atoms with Crippen molar-refractivity contribution < 1.29 is 18.9 Å². The van der Waals surface area contributed by atoms with Gasteiger partial charge in [-0.1, -0.05) is 6.08 Å². The third-order valence-electron chi connectivity index (χ3n) is 3.29. The van der Waals surface area contributed by atoms with Gasteiger partial charge in [0.25, 0.3) is 0 Å². The molecule has 3 atom stereocenters. The topological polar surface area (TPSA) is 36.9 Å². The summed E-state index contributed by atoms with van der Waals surface area (Å²) >= 11 is 0. The smallest absolute Gasteiger partial charge is 0.179 e. The molecule has 0 aromatic rings. The molecule has 0 aromatic heterocycles. The second-order valence-electron chi connectivity index (χ2n) is 4.14. The molecule has 0 N–H and O–H groups in total. The Morgan fingerprint density at radius 1 is 1.44 bits per heavy atom. The molecule has 1 saturated heterocycles. The van der Waals surface area contributed by atoms with Gasteiger partial charge in [-0.3, -0.25) is 0 Å². The van der Waals surface area contributed by atoms with E-state index in [0.29, 0.717) is 12.5 Å². The fourth-order valence-corrected chi connectivity index (χ4v) is 2.61. The highest BCUT2D eigenvalue weighted by molar-refractivity contribution is 5.20. The molecule has 16 heavy (non-hydrogen) atoms. The normalized spacial score (nSPS) is 33.2. The van der Waals surface area contributed by atoms with Crippen molar-refractivity contribution in [2.24, 2.45) is 5.92 Å². The summed E-state index contributed by atoms with van der Waals surface area (Å²) in [4.78, 5) is 0. The molecule has 4 heteroatoms. The van der Waals surface area contributed by atoms with E-state index in [-0.39, 0.29) is 18.7 Å². The Hall–Kier alpha value is -0.420. The zero-order valence-corrected chi connectivity index (χ0v) is 10.1. The van der Waals surface area contributed by atoms with Gasteiger partial charge in [-0.15, -0.1) is 0 Å². The zero-order chi connectivity index (χ0) is 11.5. The van der Waals surface area contributed by atoms with Crippen LogP contribution < -0.4 is 0 Å². The lowest BCUT2D eigenvalue weighted by Crippen LogP contribution is -2.22. The zero-order valence-electron chi connectivity index (χ0n) is 10.1. The largest absolute Gasteiger partial charge is 0.353 e. The molecule has 1 aliphatic carbocycles. The summed E-state index contributed by atoms with van der Waals surface area (Å²) in [5.41, 5.74) is 1.21. The summed E-state index contributed by atoms with van der Waals surface area (Å²) in [6, 6.07) is 0. The van der Waals surface area contributed by atoms with Crippen LogP contribution in [0.3, 0.4) is 0 Å². The van der Waals surface area contributed by atoms with Crippen LogP contribution in [0.15, 0.2) is 11.6 Å². The van der Waals surface area contributed by atoms with Crippen molar-refractivity contribution in [1.29, 1.82) is 0 Å². The van der Waals surface area contributed by atoms with Crippen molar-refractivity contribution in [1.82, 2.24) is 0 Å². The van der Waals surface area contributed by atoms with Crippen LogP contribution in [0.1, 0.15) is 19.8 Å². The molecule has 1 heterocycles. The lowest BCUT2D eigenvalue weighted by atomic mass is 9.97. The van der Waals surface area contributed by atoms with Gasteiger partial charge in [0.1, 0.15) is 0 Å². The maximum Gasteiger partial charge on any atom is 0.179 e. The summed E-state index contributed by atoms with van der Waals surface area (Å²) in [6.45, 7) is 2.68. The van der Waals surface area contributed by atoms with Gasteiger partial charge in [0.15, 0.2) is 12.6 Å². The Morgan fingerprint density at radius 2 is 2.19 bits per heavy atom. The van der Waals surface area contributed by atoms with E-state index in [1.807, 2.05) is 6.92 Å². The highest BCUT2D eigenvalue weighted by Crippen LogP contribution is 2.41. The molecule has 1 fully saturated rings. The Kier molecular flexibility index (Phi) is 3.97. The van der Waals surface area contributed by atoms with E-state index in [2.05, 4.69) is 6.08 Å². The van der Waals surface area contributed by atoms with Crippen LogP contribution in [0.2, 0.25) is 0 Å². The van der Waals surface area contributed by atoms with Gasteiger partial charge in [0.05, 0.1) is 6.10 Å². The third-order valence-corrected chi connectivity index (χ3v) is 3.29. The van der Waals surface area contributed by atoms with Crippen LogP contribution in [0.4, 0.5) is 0 Å². The van der Waals surface area contributed by atoms with E-state index in [1.54, 1.807) is 14.2 Å². The fourth-order valence-electron chi connectivity index (χ4n) is 2.61. The number of fused-ring (bicyclic) bond motifs is 1. The van der Waals surface area contributed by atoms with Gasteiger partial charge in [-0.25, -0.2) is 0 Å². The summed E-state index contributed by atoms with van der Waals surface area (Å²) in [5.74, 6) is 0.390. The molecule has 0 bridgehead atoms. The van der Waals surface area contributed by atoms with Crippen LogP contribution in [0.25, 0.3) is 0 Å². The van der Waals surface area contributed by atoms with Crippen LogP contribution >= 0.6 is 0 Å². The minimum atomic E-state index is -0.237. The molecule has 0 radical (unpaired) electrons. The van der Waals surface area contributed by atoms with Gasteiger partial charge in [-0.05, 0) is 18.9 Å². The first kappa shape index (κ1) is 12.0. The molecule has 0 saturated carbocycles. The van der Waals surface area contributed by atoms with Crippen molar-refractivity contribution in [3.05, 3.63) is 11.6 Å². The minimum absolute atomic E-state index is 0.0573. The van der Waals surface area contributed by atoms with Crippen molar-refractivity contribution in [3.63, 3.8) is 0 Å². The standard InChI is InChI=1S/C12H20O4/c1-4-15-11-7-9-8(12(13-2)14-3)5-6-10(9)16-11/h5,9-12H,4,6-7H2,1-3H3/t9?,10?,11-/m0/s1. The third kappa shape index (κ3) is 2.15. The monoisotopic (exact) mass is 228 g/mol. The molecule has 0 aromatic carbocycles. The Labute approximate surface area is 96.5 Å². The second kappa shape index (κ2) is 5.27. The Balaban J connectivity index is 1.98. The van der Waals surface area contributed by atoms with E-state index in [9.17, 15) is 0 Å².